The van der Waals surface area contributed by atoms with Crippen molar-refractivity contribution in [1.29, 1.82) is 0 Å². The molecule has 3 unspecified atom stereocenters. The Labute approximate surface area is 110 Å². The molecule has 2 aliphatic heterocycles. The lowest BCUT2D eigenvalue weighted by molar-refractivity contribution is 0.125. The minimum atomic E-state index is 0.269. The molecule has 0 bridgehead atoms. The van der Waals surface area contributed by atoms with E-state index in [1.54, 1.807) is 0 Å². The van der Waals surface area contributed by atoms with E-state index in [1.807, 2.05) is 0 Å². The molecule has 2 rings (SSSR count). The summed E-state index contributed by atoms with van der Waals surface area (Å²) >= 11 is 2.08. The van der Waals surface area contributed by atoms with Crippen LogP contribution in [0.25, 0.3) is 0 Å². The maximum absolute atomic E-state index is 6.07. The van der Waals surface area contributed by atoms with Gasteiger partial charge in [0.1, 0.15) is 0 Å². The molecule has 0 spiro atoms. The van der Waals surface area contributed by atoms with Crippen LogP contribution in [0.3, 0.4) is 0 Å². The monoisotopic (exact) mass is 257 g/mol. The molecular weight excluding hydrogens is 230 g/mol. The summed E-state index contributed by atoms with van der Waals surface area (Å²) in [5, 5.41) is 0.771. The Bertz CT molecular complexity index is 261. The second-order valence-corrected chi connectivity index (χ2v) is 7.48. The minimum Gasteiger partial charge on any atom is -0.329 e. The van der Waals surface area contributed by atoms with Crippen molar-refractivity contribution in [3.8, 4) is 0 Å². The smallest absolute Gasteiger partial charge is 0.0429 e. The molecule has 0 aromatic carbocycles. The van der Waals surface area contributed by atoms with Crippen molar-refractivity contribution in [1.82, 2.24) is 9.80 Å². The first-order valence-corrected chi connectivity index (χ1v) is 7.82. The summed E-state index contributed by atoms with van der Waals surface area (Å²) in [5.41, 5.74) is 6.34. The predicted octanol–water partition coefficient (Wildman–Crippen LogP) is 1.09. The van der Waals surface area contributed by atoms with E-state index in [0.29, 0.717) is 0 Å². The normalized spacial score (nSPS) is 39.4. The van der Waals surface area contributed by atoms with Crippen LogP contribution in [0.1, 0.15) is 19.8 Å². The van der Waals surface area contributed by atoms with Crippen LogP contribution in [-0.4, -0.2) is 66.6 Å². The van der Waals surface area contributed by atoms with Gasteiger partial charge >= 0.3 is 0 Å². The zero-order valence-corrected chi connectivity index (χ0v) is 12.3. The lowest BCUT2D eigenvalue weighted by atomic mass is 9.93. The van der Waals surface area contributed by atoms with Crippen LogP contribution >= 0.6 is 11.8 Å². The van der Waals surface area contributed by atoms with Gasteiger partial charge in [0, 0.05) is 36.2 Å². The topological polar surface area (TPSA) is 32.5 Å². The lowest BCUT2D eigenvalue weighted by Crippen LogP contribution is -2.54. The number of hydrogen-bond acceptors (Lipinski definition) is 4. The molecule has 2 fully saturated rings. The largest absolute Gasteiger partial charge is 0.329 e. The zero-order chi connectivity index (χ0) is 12.5. The van der Waals surface area contributed by atoms with Crippen LogP contribution < -0.4 is 5.73 Å². The molecule has 0 radical (unpaired) electrons. The Morgan fingerprint density at radius 2 is 2.29 bits per heavy atom. The minimum absolute atomic E-state index is 0.269. The van der Waals surface area contributed by atoms with E-state index < -0.39 is 0 Å². The Kier molecular flexibility index (Phi) is 4.40. The molecule has 0 aromatic rings. The van der Waals surface area contributed by atoms with Crippen molar-refractivity contribution in [3.63, 3.8) is 0 Å². The van der Waals surface area contributed by atoms with Crippen LogP contribution in [0.5, 0.6) is 0 Å². The summed E-state index contributed by atoms with van der Waals surface area (Å²) in [4.78, 5) is 5.01. The molecule has 0 aromatic heterocycles. The van der Waals surface area contributed by atoms with Crippen LogP contribution in [-0.2, 0) is 0 Å². The molecule has 2 aliphatic rings. The van der Waals surface area contributed by atoms with Gasteiger partial charge in [-0.25, -0.2) is 0 Å². The number of rotatable bonds is 4. The van der Waals surface area contributed by atoms with E-state index in [2.05, 4.69) is 42.6 Å². The number of likely N-dealkylation sites (N-methyl/N-ethyl adjacent to an activating group) is 1. The predicted molar refractivity (Wildman–Crippen MR) is 76.6 cm³/mol. The molecule has 17 heavy (non-hydrogen) atoms. The van der Waals surface area contributed by atoms with Crippen molar-refractivity contribution in [2.75, 3.05) is 46.0 Å². The molecule has 2 heterocycles. The summed E-state index contributed by atoms with van der Waals surface area (Å²) < 4.78 is 0. The number of thioether (sulfide) groups is 1. The third-order valence-corrected chi connectivity index (χ3v) is 5.95. The van der Waals surface area contributed by atoms with Gasteiger partial charge in [-0.3, -0.25) is 4.90 Å². The second-order valence-electron chi connectivity index (χ2n) is 6.05. The van der Waals surface area contributed by atoms with Gasteiger partial charge in [0.25, 0.3) is 0 Å². The standard InChI is InChI=1S/C13H27N3S/c1-11-6-13(9-14,10-17-11)16(3)8-12-4-5-15(2)7-12/h11-12H,4-10,14H2,1-3H3. The molecule has 3 atom stereocenters. The van der Waals surface area contributed by atoms with E-state index in [0.717, 1.165) is 17.7 Å². The molecular formula is C13H27N3S. The molecule has 4 heteroatoms. The van der Waals surface area contributed by atoms with Gasteiger partial charge in [-0.1, -0.05) is 6.92 Å². The summed E-state index contributed by atoms with van der Waals surface area (Å²) in [6, 6.07) is 0. The van der Waals surface area contributed by atoms with Gasteiger partial charge in [0.15, 0.2) is 0 Å². The Hall–Kier alpha value is 0.230. The summed E-state index contributed by atoms with van der Waals surface area (Å²) in [5.74, 6) is 2.05. The van der Waals surface area contributed by atoms with Crippen molar-refractivity contribution >= 4 is 11.8 Å². The Morgan fingerprint density at radius 1 is 1.53 bits per heavy atom. The Morgan fingerprint density at radius 3 is 2.76 bits per heavy atom. The first-order valence-electron chi connectivity index (χ1n) is 6.77. The van der Waals surface area contributed by atoms with Crippen LogP contribution in [0.2, 0.25) is 0 Å². The molecule has 100 valence electrons. The van der Waals surface area contributed by atoms with Gasteiger partial charge in [0.05, 0.1) is 0 Å². The fourth-order valence-electron chi connectivity index (χ4n) is 3.27. The third kappa shape index (κ3) is 2.98. The van der Waals surface area contributed by atoms with Crippen LogP contribution in [0.4, 0.5) is 0 Å². The highest BCUT2D eigenvalue weighted by molar-refractivity contribution is 8.00. The van der Waals surface area contributed by atoms with Crippen molar-refractivity contribution in [2.24, 2.45) is 11.7 Å². The van der Waals surface area contributed by atoms with Gasteiger partial charge in [-0.15, -0.1) is 0 Å². The van der Waals surface area contributed by atoms with Gasteiger partial charge in [0.2, 0.25) is 0 Å². The van der Waals surface area contributed by atoms with E-state index in [9.17, 15) is 0 Å². The van der Waals surface area contributed by atoms with Crippen LogP contribution in [0, 0.1) is 5.92 Å². The number of nitrogens with zero attached hydrogens (tertiary/aromatic N) is 2. The molecule has 0 amide bonds. The average Bonchev–Trinajstić information content (AvgIpc) is 2.86. The van der Waals surface area contributed by atoms with E-state index in [4.69, 9.17) is 5.73 Å². The van der Waals surface area contributed by atoms with Gasteiger partial charge < -0.3 is 10.6 Å². The highest BCUT2D eigenvalue weighted by Crippen LogP contribution is 2.38. The molecule has 3 nitrogen and oxygen atoms in total. The second kappa shape index (κ2) is 5.47. The van der Waals surface area contributed by atoms with Crippen molar-refractivity contribution in [2.45, 2.75) is 30.6 Å². The quantitative estimate of drug-likeness (QED) is 0.817. The zero-order valence-electron chi connectivity index (χ0n) is 11.5. The molecule has 0 aliphatic carbocycles. The molecule has 0 saturated carbocycles. The number of hydrogen-bond donors (Lipinski definition) is 1. The maximum atomic E-state index is 6.07. The van der Waals surface area contributed by atoms with Gasteiger partial charge in [-0.2, -0.15) is 11.8 Å². The summed E-state index contributed by atoms with van der Waals surface area (Å²) in [7, 11) is 4.51. The van der Waals surface area contributed by atoms with Crippen LogP contribution in [0.15, 0.2) is 0 Å². The van der Waals surface area contributed by atoms with Crippen molar-refractivity contribution in [3.05, 3.63) is 0 Å². The van der Waals surface area contributed by atoms with E-state index >= 15 is 0 Å². The Balaban J connectivity index is 1.91. The fourth-order valence-corrected chi connectivity index (χ4v) is 4.75. The molecule has 2 N–H and O–H groups in total. The lowest BCUT2D eigenvalue weighted by Gasteiger charge is -2.39. The molecule has 2 saturated heterocycles. The van der Waals surface area contributed by atoms with E-state index in [1.165, 1.54) is 38.2 Å². The number of nitrogens with two attached hydrogens (primary N) is 1. The first-order chi connectivity index (χ1) is 8.05. The first kappa shape index (κ1) is 13.7. The number of likely N-dealkylation sites (tertiary alicyclic amines) is 1. The summed E-state index contributed by atoms with van der Waals surface area (Å²) in [6.07, 6.45) is 2.61. The average molecular weight is 257 g/mol. The van der Waals surface area contributed by atoms with E-state index in [-0.39, 0.29) is 5.54 Å². The van der Waals surface area contributed by atoms with Gasteiger partial charge in [-0.05, 0) is 39.4 Å². The fraction of sp³-hybridized carbons (Fsp3) is 1.00. The SMILES string of the molecule is CC1CC(CN)(N(C)CC2CCN(C)C2)CS1. The third-order valence-electron chi connectivity index (χ3n) is 4.51. The maximum Gasteiger partial charge on any atom is 0.0429 e. The highest BCUT2D eigenvalue weighted by atomic mass is 32.2. The summed E-state index contributed by atoms with van der Waals surface area (Å²) in [6.45, 7) is 6.88. The highest BCUT2D eigenvalue weighted by Gasteiger charge is 2.41. The van der Waals surface area contributed by atoms with Crippen molar-refractivity contribution < 1.29 is 0 Å².